The number of phenols is 1. The number of aromatic hydroxyl groups is 1. The largest absolute Gasteiger partial charge is 0.508 e. The molecule has 4 amide bonds. The van der Waals surface area contributed by atoms with Crippen LogP contribution in [0.15, 0.2) is 24.3 Å². The maximum absolute atomic E-state index is 13.6. The molecule has 0 saturated carbocycles. The second kappa shape index (κ2) is 11.7. The van der Waals surface area contributed by atoms with Gasteiger partial charge in [-0.05, 0) is 65.7 Å². The Bertz CT molecular complexity index is 871. The third-order valence-corrected chi connectivity index (χ3v) is 4.41. The Hall–Kier alpha value is -3.30. The minimum atomic E-state index is -1.33. The number of nitrogens with zero attached hydrogens (tertiary/aromatic N) is 1. The van der Waals surface area contributed by atoms with E-state index in [2.05, 4.69) is 10.6 Å². The topological polar surface area (TPSA) is 151 Å². The van der Waals surface area contributed by atoms with Crippen molar-refractivity contribution < 1.29 is 29.0 Å². The minimum absolute atomic E-state index is 0.00490. The van der Waals surface area contributed by atoms with Gasteiger partial charge in [-0.1, -0.05) is 19.1 Å². The molecule has 1 aromatic rings. The number of phenolic OH excluding ortho intramolecular Hbond substituents is 1. The molecular weight excluding hydrogens is 440 g/mol. The molecule has 2 atom stereocenters. The van der Waals surface area contributed by atoms with Gasteiger partial charge in [-0.15, -0.1) is 0 Å². The van der Waals surface area contributed by atoms with E-state index in [9.17, 15) is 24.3 Å². The van der Waals surface area contributed by atoms with Crippen molar-refractivity contribution in [3.8, 4) is 5.75 Å². The van der Waals surface area contributed by atoms with Crippen LogP contribution in [0.25, 0.3) is 0 Å². The average Bonchev–Trinajstić information content (AvgIpc) is 2.64. The number of nitrogens with two attached hydrogens (primary N) is 1. The summed E-state index contributed by atoms with van der Waals surface area (Å²) in [4.78, 5) is 52.4. The smallest absolute Gasteiger partial charge is 0.408 e. The van der Waals surface area contributed by atoms with E-state index in [0.717, 1.165) is 0 Å². The van der Waals surface area contributed by atoms with E-state index in [1.165, 1.54) is 17.0 Å². The summed E-state index contributed by atoms with van der Waals surface area (Å²) in [6.07, 6.45) is -0.857. The molecule has 0 aliphatic carbocycles. The number of primary amides is 1. The lowest BCUT2D eigenvalue weighted by atomic mass is 10.00. The van der Waals surface area contributed by atoms with Gasteiger partial charge in [0.2, 0.25) is 17.7 Å². The van der Waals surface area contributed by atoms with Gasteiger partial charge in [0.05, 0.1) is 6.42 Å². The van der Waals surface area contributed by atoms with Gasteiger partial charge in [-0.25, -0.2) is 4.79 Å². The Morgan fingerprint density at radius 1 is 1.06 bits per heavy atom. The molecule has 1 rings (SSSR count). The number of hydrogen-bond acceptors (Lipinski definition) is 6. The number of carbonyl (C=O) groups is 4. The van der Waals surface area contributed by atoms with E-state index < -0.39 is 53.5 Å². The molecule has 0 saturated heterocycles. The molecule has 10 nitrogen and oxygen atoms in total. The lowest BCUT2D eigenvalue weighted by Crippen LogP contribution is -2.55. The van der Waals surface area contributed by atoms with E-state index in [1.54, 1.807) is 32.9 Å². The summed E-state index contributed by atoms with van der Waals surface area (Å²) in [5.74, 6) is -1.90. The molecule has 0 aliphatic heterocycles. The standard InChI is InChI=1S/C24H38N4O6/c1-8-13-28(21(32)17(14-18(25)30)26-22(33)34-24(5,6)7)19(20(31)27-23(2,3)4)15-9-11-16(29)12-10-15/h9-12,17,19,29H,8,13-14H2,1-7H3,(H2,25,30)(H,26,33)(H,27,31). The number of ether oxygens (including phenoxy) is 1. The summed E-state index contributed by atoms with van der Waals surface area (Å²) in [6.45, 7) is 12.4. The van der Waals surface area contributed by atoms with E-state index in [4.69, 9.17) is 10.5 Å². The second-order valence-corrected chi connectivity index (χ2v) is 10.1. The molecule has 1 aromatic carbocycles. The molecule has 0 aromatic heterocycles. The predicted molar refractivity (Wildman–Crippen MR) is 128 cm³/mol. The Morgan fingerprint density at radius 3 is 2.06 bits per heavy atom. The van der Waals surface area contributed by atoms with Gasteiger partial charge in [0.1, 0.15) is 23.4 Å². The van der Waals surface area contributed by atoms with E-state index in [1.807, 2.05) is 27.7 Å². The molecule has 10 heteroatoms. The zero-order valence-electron chi connectivity index (χ0n) is 21.1. The number of rotatable bonds is 9. The third kappa shape index (κ3) is 9.68. The summed E-state index contributed by atoms with van der Waals surface area (Å²) in [7, 11) is 0. The van der Waals surface area contributed by atoms with Crippen LogP contribution in [0.1, 0.15) is 72.9 Å². The second-order valence-electron chi connectivity index (χ2n) is 10.1. The van der Waals surface area contributed by atoms with Gasteiger partial charge < -0.3 is 31.1 Å². The van der Waals surface area contributed by atoms with Crippen molar-refractivity contribution in [3.63, 3.8) is 0 Å². The number of nitrogens with one attached hydrogen (secondary N) is 2. The Labute approximate surface area is 201 Å². The van der Waals surface area contributed by atoms with E-state index in [-0.39, 0.29) is 12.3 Å². The van der Waals surface area contributed by atoms with Gasteiger partial charge in [0.15, 0.2) is 0 Å². The van der Waals surface area contributed by atoms with Gasteiger partial charge in [-0.2, -0.15) is 0 Å². The Kier molecular flexibility index (Phi) is 9.90. The zero-order chi connectivity index (χ0) is 26.3. The Balaban J connectivity index is 3.44. The maximum atomic E-state index is 13.6. The average molecular weight is 479 g/mol. The van der Waals surface area contributed by atoms with Gasteiger partial charge in [-0.3, -0.25) is 14.4 Å². The summed E-state index contributed by atoms with van der Waals surface area (Å²) in [5.41, 5.74) is 4.39. The predicted octanol–water partition coefficient (Wildman–Crippen LogP) is 2.36. The number of carbonyl (C=O) groups excluding carboxylic acids is 4. The van der Waals surface area contributed by atoms with Crippen molar-refractivity contribution in [1.29, 1.82) is 0 Å². The van der Waals surface area contributed by atoms with Gasteiger partial charge >= 0.3 is 6.09 Å². The Morgan fingerprint density at radius 2 is 1.62 bits per heavy atom. The van der Waals surface area contributed by atoms with Crippen molar-refractivity contribution in [2.45, 2.75) is 84.5 Å². The first-order chi connectivity index (χ1) is 15.5. The van der Waals surface area contributed by atoms with Crippen LogP contribution in [0.2, 0.25) is 0 Å². The summed E-state index contributed by atoms with van der Waals surface area (Å²) < 4.78 is 5.23. The van der Waals surface area contributed by atoms with Crippen molar-refractivity contribution >= 4 is 23.8 Å². The maximum Gasteiger partial charge on any atom is 0.408 e. The third-order valence-electron chi connectivity index (χ3n) is 4.41. The van der Waals surface area contributed by atoms with Gasteiger partial charge in [0, 0.05) is 12.1 Å². The molecule has 0 aliphatic rings. The van der Waals surface area contributed by atoms with Crippen LogP contribution in [0.4, 0.5) is 4.79 Å². The van der Waals surface area contributed by atoms with Crippen LogP contribution >= 0.6 is 0 Å². The van der Waals surface area contributed by atoms with Crippen LogP contribution in [0.5, 0.6) is 5.75 Å². The molecule has 0 spiro atoms. The highest BCUT2D eigenvalue weighted by molar-refractivity contribution is 5.94. The van der Waals surface area contributed by atoms with E-state index in [0.29, 0.717) is 12.0 Å². The van der Waals surface area contributed by atoms with Gasteiger partial charge in [0.25, 0.3) is 0 Å². The first-order valence-electron chi connectivity index (χ1n) is 11.2. The number of hydrogen-bond donors (Lipinski definition) is 4. The monoisotopic (exact) mass is 478 g/mol. The molecule has 0 heterocycles. The SMILES string of the molecule is CCCN(C(=O)C(CC(N)=O)NC(=O)OC(C)(C)C)C(C(=O)NC(C)(C)C)c1ccc(O)cc1. The first kappa shape index (κ1) is 28.7. The fourth-order valence-corrected chi connectivity index (χ4v) is 3.23. The van der Waals surface area contributed by atoms with Crippen LogP contribution in [0, 0.1) is 0 Å². The lowest BCUT2D eigenvalue weighted by Gasteiger charge is -2.35. The number of benzene rings is 1. The highest BCUT2D eigenvalue weighted by atomic mass is 16.6. The number of alkyl carbamates (subject to hydrolysis) is 1. The summed E-state index contributed by atoms with van der Waals surface area (Å²) >= 11 is 0. The minimum Gasteiger partial charge on any atom is -0.508 e. The fraction of sp³-hybridized carbons (Fsp3) is 0.583. The zero-order valence-corrected chi connectivity index (χ0v) is 21.1. The number of amides is 4. The normalized spacial score (nSPS) is 13.4. The summed E-state index contributed by atoms with van der Waals surface area (Å²) in [6, 6.07) is 3.51. The lowest BCUT2D eigenvalue weighted by molar-refractivity contribution is -0.144. The quantitative estimate of drug-likeness (QED) is 0.428. The molecule has 190 valence electrons. The van der Waals surface area contributed by atoms with Crippen LogP contribution in [-0.2, 0) is 19.1 Å². The highest BCUT2D eigenvalue weighted by Gasteiger charge is 2.37. The fourth-order valence-electron chi connectivity index (χ4n) is 3.23. The van der Waals surface area contributed by atoms with Crippen LogP contribution in [-0.4, -0.2) is 57.5 Å². The van der Waals surface area contributed by atoms with Crippen molar-refractivity contribution in [2.24, 2.45) is 5.73 Å². The molecule has 2 unspecified atom stereocenters. The highest BCUT2D eigenvalue weighted by Crippen LogP contribution is 2.26. The molecular formula is C24H38N4O6. The first-order valence-corrected chi connectivity index (χ1v) is 11.2. The summed E-state index contributed by atoms with van der Waals surface area (Å²) in [5, 5.41) is 15.0. The van der Waals surface area contributed by atoms with Crippen LogP contribution < -0.4 is 16.4 Å². The molecule has 0 fully saturated rings. The molecule has 5 N–H and O–H groups in total. The molecule has 34 heavy (non-hydrogen) atoms. The van der Waals surface area contributed by atoms with Crippen molar-refractivity contribution in [1.82, 2.24) is 15.5 Å². The van der Waals surface area contributed by atoms with E-state index >= 15 is 0 Å². The van der Waals surface area contributed by atoms with Crippen molar-refractivity contribution in [3.05, 3.63) is 29.8 Å². The van der Waals surface area contributed by atoms with Crippen LogP contribution in [0.3, 0.4) is 0 Å². The van der Waals surface area contributed by atoms with Crippen molar-refractivity contribution in [2.75, 3.05) is 6.54 Å². The molecule has 0 radical (unpaired) electrons. The molecule has 0 bridgehead atoms.